The predicted octanol–water partition coefficient (Wildman–Crippen LogP) is 2.88. The lowest BCUT2D eigenvalue weighted by Crippen LogP contribution is -2.48. The lowest BCUT2D eigenvalue weighted by molar-refractivity contribution is -0.130. The number of hydrogen-bond donors (Lipinski definition) is 1. The van der Waals surface area contributed by atoms with Gasteiger partial charge in [0.2, 0.25) is 5.91 Å². The van der Waals surface area contributed by atoms with Crippen molar-refractivity contribution >= 4 is 44.2 Å². The normalized spacial score (nSPS) is 17.6. The SMILES string of the molecule is CN(C)C(=O)CN1CCN(Cc2cc3nc(-c4cccc5[nH]ccc45)nc(N4CCOCC4)c3s2)CC1. The maximum Gasteiger partial charge on any atom is 0.236 e. The molecule has 0 unspecified atom stereocenters. The van der Waals surface area contributed by atoms with Crippen LogP contribution in [0.3, 0.4) is 0 Å². The number of aromatic nitrogens is 3. The first kappa shape index (κ1) is 24.3. The molecule has 2 aliphatic heterocycles. The van der Waals surface area contributed by atoms with Crippen molar-refractivity contribution in [2.24, 2.45) is 0 Å². The number of H-pyrrole nitrogens is 1. The minimum Gasteiger partial charge on any atom is -0.378 e. The summed E-state index contributed by atoms with van der Waals surface area (Å²) in [6, 6.07) is 10.6. The Bertz CT molecular complexity index is 1400. The van der Waals surface area contributed by atoms with Crippen LogP contribution in [0.1, 0.15) is 4.88 Å². The van der Waals surface area contributed by atoms with Gasteiger partial charge in [-0.05, 0) is 18.2 Å². The Morgan fingerprint density at radius 1 is 1.05 bits per heavy atom. The van der Waals surface area contributed by atoms with Gasteiger partial charge in [0.05, 0.1) is 30.0 Å². The van der Waals surface area contributed by atoms with Crippen molar-refractivity contribution in [3.63, 3.8) is 0 Å². The molecule has 0 aliphatic carbocycles. The number of ether oxygens (including phenoxy) is 1. The van der Waals surface area contributed by atoms with E-state index in [9.17, 15) is 4.79 Å². The predicted molar refractivity (Wildman–Crippen MR) is 148 cm³/mol. The van der Waals surface area contributed by atoms with E-state index in [1.54, 1.807) is 16.2 Å². The number of carbonyl (C=O) groups excluding carboxylic acids is 1. The zero-order chi connectivity index (χ0) is 25.4. The number of carbonyl (C=O) groups is 1. The van der Waals surface area contributed by atoms with Crippen LogP contribution in [0, 0.1) is 0 Å². The lowest BCUT2D eigenvalue weighted by atomic mass is 10.1. The maximum atomic E-state index is 12.1. The average Bonchev–Trinajstić information content (AvgIpc) is 3.56. The molecule has 0 bridgehead atoms. The highest BCUT2D eigenvalue weighted by molar-refractivity contribution is 7.19. The van der Waals surface area contributed by atoms with E-state index in [-0.39, 0.29) is 5.91 Å². The monoisotopic (exact) mass is 519 g/mol. The van der Waals surface area contributed by atoms with Gasteiger partial charge in [-0.2, -0.15) is 0 Å². The van der Waals surface area contributed by atoms with Crippen LogP contribution in [0.2, 0.25) is 0 Å². The third-order valence-corrected chi connectivity index (χ3v) is 8.36. The van der Waals surface area contributed by atoms with Crippen LogP contribution in [-0.2, 0) is 16.1 Å². The van der Waals surface area contributed by atoms with Gasteiger partial charge in [-0.15, -0.1) is 11.3 Å². The number of morpholine rings is 1. The highest BCUT2D eigenvalue weighted by Gasteiger charge is 2.23. The number of rotatable bonds is 6. The Morgan fingerprint density at radius 3 is 2.62 bits per heavy atom. The second-order valence-corrected chi connectivity index (χ2v) is 11.1. The summed E-state index contributed by atoms with van der Waals surface area (Å²) in [5.74, 6) is 1.94. The zero-order valence-electron chi connectivity index (χ0n) is 21.4. The summed E-state index contributed by atoms with van der Waals surface area (Å²) in [5, 5.41) is 1.14. The molecule has 1 amide bonds. The van der Waals surface area contributed by atoms with E-state index >= 15 is 0 Å². The van der Waals surface area contributed by atoms with Crippen LogP contribution in [0.4, 0.5) is 5.82 Å². The van der Waals surface area contributed by atoms with Gasteiger partial charge in [-0.25, -0.2) is 9.97 Å². The fourth-order valence-corrected chi connectivity index (χ4v) is 6.25. The van der Waals surface area contributed by atoms with Crippen LogP contribution in [0.5, 0.6) is 0 Å². The number of thiophene rings is 1. The molecule has 3 aromatic heterocycles. The molecule has 0 atom stereocenters. The largest absolute Gasteiger partial charge is 0.378 e. The summed E-state index contributed by atoms with van der Waals surface area (Å²) in [7, 11) is 3.64. The Labute approximate surface area is 220 Å². The number of hydrogen-bond acceptors (Lipinski definition) is 8. The molecule has 2 saturated heterocycles. The number of fused-ring (bicyclic) bond motifs is 2. The minimum atomic E-state index is 0.165. The molecule has 4 aromatic rings. The first-order valence-corrected chi connectivity index (χ1v) is 13.7. The van der Waals surface area contributed by atoms with Crippen LogP contribution in [-0.4, -0.2) is 109 Å². The van der Waals surface area contributed by atoms with Gasteiger partial charge in [0, 0.05) is 87.4 Å². The molecular formula is C27H33N7O2S. The molecule has 5 heterocycles. The standard InChI is InChI=1S/C27H33N7O2S/c1-31(2)24(35)18-33-10-8-32(9-11-33)17-19-16-23-25(37-19)27(34-12-14-36-15-13-34)30-26(29-23)21-4-3-5-22-20(21)6-7-28-22/h3-7,16,28H,8-15,17-18H2,1-2H3. The Balaban J connectivity index is 1.28. The van der Waals surface area contributed by atoms with Crippen LogP contribution in [0.25, 0.3) is 32.5 Å². The molecule has 2 fully saturated rings. The Kier molecular flexibility index (Phi) is 6.81. The number of likely N-dealkylation sites (N-methyl/N-ethyl adjacent to an activating group) is 1. The van der Waals surface area contributed by atoms with Gasteiger partial charge in [0.1, 0.15) is 0 Å². The van der Waals surface area contributed by atoms with Gasteiger partial charge in [-0.1, -0.05) is 12.1 Å². The molecular weight excluding hydrogens is 486 g/mol. The molecule has 0 saturated carbocycles. The summed E-state index contributed by atoms with van der Waals surface area (Å²) < 4.78 is 6.78. The van der Waals surface area contributed by atoms with Crippen molar-refractivity contribution in [2.45, 2.75) is 6.54 Å². The van der Waals surface area contributed by atoms with Gasteiger partial charge in [0.25, 0.3) is 0 Å². The van der Waals surface area contributed by atoms with E-state index in [1.165, 1.54) is 4.88 Å². The highest BCUT2D eigenvalue weighted by Crippen LogP contribution is 2.36. The quantitative estimate of drug-likeness (QED) is 0.420. The van der Waals surface area contributed by atoms with Crippen LogP contribution < -0.4 is 4.90 Å². The molecule has 0 spiro atoms. The van der Waals surface area contributed by atoms with Crippen molar-refractivity contribution in [2.75, 3.05) is 78.0 Å². The van der Waals surface area contributed by atoms with Crippen molar-refractivity contribution in [3.05, 3.63) is 41.4 Å². The Morgan fingerprint density at radius 2 is 1.84 bits per heavy atom. The molecule has 10 heteroatoms. The molecule has 0 radical (unpaired) electrons. The number of aromatic amines is 1. The van der Waals surface area contributed by atoms with Crippen LogP contribution in [0.15, 0.2) is 36.5 Å². The molecule has 1 N–H and O–H groups in total. The molecule has 1 aromatic carbocycles. The molecule has 194 valence electrons. The van der Waals surface area contributed by atoms with Crippen molar-refractivity contribution in [3.8, 4) is 11.4 Å². The molecule has 2 aliphatic rings. The van der Waals surface area contributed by atoms with Gasteiger partial charge >= 0.3 is 0 Å². The number of nitrogens with zero attached hydrogens (tertiary/aromatic N) is 6. The molecule has 37 heavy (non-hydrogen) atoms. The van der Waals surface area contributed by atoms with Gasteiger partial charge in [0.15, 0.2) is 11.6 Å². The summed E-state index contributed by atoms with van der Waals surface area (Å²) >= 11 is 1.81. The zero-order valence-corrected chi connectivity index (χ0v) is 22.3. The number of nitrogens with one attached hydrogen (secondary N) is 1. The first-order valence-electron chi connectivity index (χ1n) is 12.9. The third kappa shape index (κ3) is 5.06. The Hall–Kier alpha value is -3.05. The number of benzene rings is 1. The van der Waals surface area contributed by atoms with Crippen molar-refractivity contribution in [1.29, 1.82) is 0 Å². The second-order valence-electron chi connectivity index (χ2n) is 9.98. The summed E-state index contributed by atoms with van der Waals surface area (Å²) in [4.78, 5) is 35.6. The van der Waals surface area contributed by atoms with Crippen LogP contribution >= 0.6 is 11.3 Å². The number of piperazine rings is 1. The fraction of sp³-hybridized carbons (Fsp3) is 0.444. The number of amides is 1. The molecule has 6 rings (SSSR count). The molecule has 9 nitrogen and oxygen atoms in total. The highest BCUT2D eigenvalue weighted by atomic mass is 32.1. The van der Waals surface area contributed by atoms with E-state index in [0.29, 0.717) is 19.8 Å². The van der Waals surface area contributed by atoms with Crippen molar-refractivity contribution < 1.29 is 9.53 Å². The van der Waals surface area contributed by atoms with E-state index in [1.807, 2.05) is 20.3 Å². The topological polar surface area (TPSA) is 80.8 Å². The summed E-state index contributed by atoms with van der Waals surface area (Å²) in [6.07, 6.45) is 1.97. The van der Waals surface area contributed by atoms with E-state index in [2.05, 4.69) is 50.0 Å². The third-order valence-electron chi connectivity index (χ3n) is 7.25. The summed E-state index contributed by atoms with van der Waals surface area (Å²) in [6.45, 7) is 8.22. The fourth-order valence-electron chi connectivity index (χ4n) is 5.09. The second kappa shape index (κ2) is 10.4. The smallest absolute Gasteiger partial charge is 0.236 e. The first-order chi connectivity index (χ1) is 18.0. The van der Waals surface area contributed by atoms with E-state index in [0.717, 1.165) is 84.1 Å². The van der Waals surface area contributed by atoms with Crippen molar-refractivity contribution in [1.82, 2.24) is 29.7 Å². The number of anilines is 1. The average molecular weight is 520 g/mol. The summed E-state index contributed by atoms with van der Waals surface area (Å²) in [5.41, 5.74) is 3.15. The lowest BCUT2D eigenvalue weighted by Gasteiger charge is -2.34. The van der Waals surface area contributed by atoms with E-state index < -0.39 is 0 Å². The maximum absolute atomic E-state index is 12.1. The minimum absolute atomic E-state index is 0.165. The van der Waals surface area contributed by atoms with Gasteiger partial charge < -0.3 is 19.5 Å². The van der Waals surface area contributed by atoms with Gasteiger partial charge in [-0.3, -0.25) is 14.6 Å². The van der Waals surface area contributed by atoms with E-state index in [4.69, 9.17) is 14.7 Å².